The first-order valence-electron chi connectivity index (χ1n) is 5.00. The van der Waals surface area contributed by atoms with E-state index in [1.54, 1.807) is 6.08 Å². The summed E-state index contributed by atoms with van der Waals surface area (Å²) in [4.78, 5) is 11.3. The Bertz CT molecular complexity index is 481. The minimum atomic E-state index is -0.358. The molecule has 0 aliphatic heterocycles. The summed E-state index contributed by atoms with van der Waals surface area (Å²) < 4.78 is 0. The highest BCUT2D eigenvalue weighted by Crippen LogP contribution is 2.15. The lowest BCUT2D eigenvalue weighted by molar-refractivity contribution is -0.116. The van der Waals surface area contributed by atoms with E-state index in [1.165, 1.54) is 7.05 Å². The summed E-state index contributed by atoms with van der Waals surface area (Å²) in [7, 11) is 1.51. The number of amides is 1. The van der Waals surface area contributed by atoms with E-state index in [9.17, 15) is 4.79 Å². The van der Waals surface area contributed by atoms with E-state index in [0.717, 1.165) is 16.7 Å². The molecule has 0 atom stereocenters. The van der Waals surface area contributed by atoms with Gasteiger partial charge in [-0.25, -0.2) is 0 Å². The van der Waals surface area contributed by atoms with Gasteiger partial charge in [0.15, 0.2) is 0 Å². The zero-order chi connectivity index (χ0) is 12.1. The van der Waals surface area contributed by atoms with Crippen molar-refractivity contribution in [3.05, 3.63) is 40.5 Å². The van der Waals surface area contributed by atoms with Gasteiger partial charge < -0.3 is 5.32 Å². The van der Waals surface area contributed by atoms with Crippen LogP contribution in [0.15, 0.2) is 23.8 Å². The zero-order valence-corrected chi connectivity index (χ0v) is 9.66. The minimum absolute atomic E-state index is 0.121. The third-order valence-electron chi connectivity index (χ3n) is 2.54. The Balaban J connectivity index is 3.20. The van der Waals surface area contributed by atoms with E-state index < -0.39 is 0 Å². The highest BCUT2D eigenvalue weighted by atomic mass is 16.1. The van der Waals surface area contributed by atoms with E-state index in [4.69, 9.17) is 5.26 Å². The predicted molar refractivity (Wildman–Crippen MR) is 63.6 cm³/mol. The van der Waals surface area contributed by atoms with Crippen LogP contribution < -0.4 is 5.32 Å². The number of nitrogens with one attached hydrogen (secondary N) is 1. The monoisotopic (exact) mass is 214 g/mol. The number of benzene rings is 1. The molecule has 0 radical (unpaired) electrons. The average Bonchev–Trinajstić information content (AvgIpc) is 2.30. The molecule has 0 bridgehead atoms. The van der Waals surface area contributed by atoms with Crippen LogP contribution in [-0.2, 0) is 4.79 Å². The summed E-state index contributed by atoms with van der Waals surface area (Å²) in [6.07, 6.45) is 1.61. The van der Waals surface area contributed by atoms with Gasteiger partial charge >= 0.3 is 0 Å². The van der Waals surface area contributed by atoms with Crippen molar-refractivity contribution in [2.24, 2.45) is 0 Å². The van der Waals surface area contributed by atoms with Gasteiger partial charge in [-0.05, 0) is 36.6 Å². The summed E-state index contributed by atoms with van der Waals surface area (Å²) in [6, 6.07) is 7.70. The zero-order valence-electron chi connectivity index (χ0n) is 9.66. The van der Waals surface area contributed by atoms with Gasteiger partial charge in [0.2, 0.25) is 0 Å². The number of nitrogens with zero attached hydrogens (tertiary/aromatic N) is 1. The molecule has 0 aliphatic rings. The summed E-state index contributed by atoms with van der Waals surface area (Å²) in [5.41, 5.74) is 3.25. The second-order valence-corrected chi connectivity index (χ2v) is 3.54. The fourth-order valence-electron chi connectivity index (χ4n) is 1.37. The molecule has 0 aliphatic carbocycles. The van der Waals surface area contributed by atoms with E-state index >= 15 is 0 Å². The lowest BCUT2D eigenvalue weighted by Gasteiger charge is -2.04. The second-order valence-electron chi connectivity index (χ2n) is 3.54. The highest BCUT2D eigenvalue weighted by molar-refractivity contribution is 6.01. The van der Waals surface area contributed by atoms with Gasteiger partial charge in [0, 0.05) is 7.05 Å². The molecule has 0 unspecified atom stereocenters. The molecule has 82 valence electrons. The van der Waals surface area contributed by atoms with Crippen LogP contribution in [0.4, 0.5) is 0 Å². The van der Waals surface area contributed by atoms with E-state index in [2.05, 4.69) is 5.32 Å². The van der Waals surface area contributed by atoms with Crippen molar-refractivity contribution in [3.63, 3.8) is 0 Å². The second kappa shape index (κ2) is 5.13. The summed E-state index contributed by atoms with van der Waals surface area (Å²) in [6.45, 7) is 3.97. The Morgan fingerprint density at radius 3 is 2.69 bits per heavy atom. The molecule has 1 amide bonds. The van der Waals surface area contributed by atoms with Crippen molar-refractivity contribution in [1.82, 2.24) is 5.32 Å². The number of carbonyl (C=O) groups excluding carboxylic acids is 1. The lowest BCUT2D eigenvalue weighted by Crippen LogP contribution is -2.19. The molecule has 16 heavy (non-hydrogen) atoms. The molecule has 1 N–H and O–H groups in total. The molecule has 0 aromatic heterocycles. The Hall–Kier alpha value is -2.08. The summed E-state index contributed by atoms with van der Waals surface area (Å²) >= 11 is 0. The fraction of sp³-hybridized carbons (Fsp3) is 0.231. The number of aryl methyl sites for hydroxylation is 1. The van der Waals surface area contributed by atoms with Crippen LogP contribution in [-0.4, -0.2) is 13.0 Å². The first-order chi connectivity index (χ1) is 7.60. The van der Waals surface area contributed by atoms with Gasteiger partial charge in [-0.15, -0.1) is 0 Å². The Labute approximate surface area is 95.4 Å². The molecule has 0 saturated heterocycles. The largest absolute Gasteiger partial charge is 0.354 e. The minimum Gasteiger partial charge on any atom is -0.354 e. The van der Waals surface area contributed by atoms with Gasteiger partial charge in [0.25, 0.3) is 5.91 Å². The molecule has 1 rings (SSSR count). The van der Waals surface area contributed by atoms with E-state index in [1.807, 2.05) is 38.1 Å². The molecule has 0 heterocycles. The maximum absolute atomic E-state index is 11.3. The van der Waals surface area contributed by atoms with E-state index in [-0.39, 0.29) is 11.5 Å². The molecular formula is C13H14N2O. The van der Waals surface area contributed by atoms with Crippen molar-refractivity contribution in [3.8, 4) is 6.07 Å². The van der Waals surface area contributed by atoms with Crippen molar-refractivity contribution >= 4 is 12.0 Å². The van der Waals surface area contributed by atoms with Gasteiger partial charge in [-0.1, -0.05) is 18.2 Å². The third kappa shape index (κ3) is 2.48. The van der Waals surface area contributed by atoms with Crippen LogP contribution in [0.2, 0.25) is 0 Å². The van der Waals surface area contributed by atoms with Crippen molar-refractivity contribution in [1.29, 1.82) is 5.26 Å². The molecule has 0 spiro atoms. The molecule has 0 fully saturated rings. The van der Waals surface area contributed by atoms with Crippen LogP contribution in [0.5, 0.6) is 0 Å². The Morgan fingerprint density at radius 1 is 1.44 bits per heavy atom. The standard InChI is InChI=1S/C13H14N2O/c1-9-5-4-6-11(10(9)2)7-12(8-14)13(16)15-3/h4-7H,1-3H3,(H,15,16)/b12-7-. The molecule has 3 heteroatoms. The predicted octanol–water partition coefficient (Wildman–Crippen LogP) is 1.96. The maximum atomic E-state index is 11.3. The SMILES string of the molecule is CNC(=O)/C(C#N)=C\c1cccc(C)c1C. The number of likely N-dealkylation sites (N-methyl/N-ethyl adjacent to an activating group) is 1. The first-order valence-corrected chi connectivity index (χ1v) is 5.00. The molecule has 0 saturated carbocycles. The number of hydrogen-bond acceptors (Lipinski definition) is 2. The first kappa shape index (κ1) is 12.0. The van der Waals surface area contributed by atoms with Crippen LogP contribution in [0.25, 0.3) is 6.08 Å². The van der Waals surface area contributed by atoms with Gasteiger partial charge in [0.05, 0.1) is 0 Å². The van der Waals surface area contributed by atoms with Crippen molar-refractivity contribution in [2.75, 3.05) is 7.05 Å². The van der Waals surface area contributed by atoms with Crippen LogP contribution in [0.1, 0.15) is 16.7 Å². The Morgan fingerprint density at radius 2 is 2.12 bits per heavy atom. The molecule has 3 nitrogen and oxygen atoms in total. The number of carbonyl (C=O) groups is 1. The molecule has 1 aromatic rings. The number of hydrogen-bond donors (Lipinski definition) is 1. The summed E-state index contributed by atoms with van der Waals surface area (Å²) in [5.74, 6) is -0.358. The van der Waals surface area contributed by atoms with Crippen molar-refractivity contribution < 1.29 is 4.79 Å². The maximum Gasteiger partial charge on any atom is 0.261 e. The van der Waals surface area contributed by atoms with Crippen LogP contribution in [0.3, 0.4) is 0 Å². The van der Waals surface area contributed by atoms with Gasteiger partial charge in [-0.3, -0.25) is 4.79 Å². The lowest BCUT2D eigenvalue weighted by atomic mass is 10.0. The van der Waals surface area contributed by atoms with E-state index in [0.29, 0.717) is 0 Å². The topological polar surface area (TPSA) is 52.9 Å². The molecule has 1 aromatic carbocycles. The van der Waals surface area contributed by atoms with Gasteiger partial charge in [0.1, 0.15) is 11.6 Å². The van der Waals surface area contributed by atoms with Crippen molar-refractivity contribution in [2.45, 2.75) is 13.8 Å². The number of nitriles is 1. The normalized spacial score (nSPS) is 10.8. The number of rotatable bonds is 2. The molecular weight excluding hydrogens is 200 g/mol. The fourth-order valence-corrected chi connectivity index (χ4v) is 1.37. The quantitative estimate of drug-likeness (QED) is 0.604. The summed E-state index contributed by atoms with van der Waals surface area (Å²) in [5, 5.41) is 11.3. The Kier molecular flexibility index (Phi) is 3.84. The average molecular weight is 214 g/mol. The van der Waals surface area contributed by atoms with Crippen LogP contribution >= 0.6 is 0 Å². The van der Waals surface area contributed by atoms with Crippen LogP contribution in [0, 0.1) is 25.2 Å². The highest BCUT2D eigenvalue weighted by Gasteiger charge is 2.07. The smallest absolute Gasteiger partial charge is 0.261 e. The third-order valence-corrected chi connectivity index (χ3v) is 2.54. The van der Waals surface area contributed by atoms with Gasteiger partial charge in [-0.2, -0.15) is 5.26 Å².